The second-order valence-corrected chi connectivity index (χ2v) is 15.3. The Kier molecular flexibility index (Phi) is 8.67. The highest BCUT2D eigenvalue weighted by molar-refractivity contribution is 7.00. The van der Waals surface area contributed by atoms with Gasteiger partial charge >= 0.3 is 0 Å². The average Bonchev–Trinajstić information content (AvgIpc) is 3.31. The summed E-state index contributed by atoms with van der Waals surface area (Å²) in [5.74, 6) is 0.0826. The van der Waals surface area contributed by atoms with Gasteiger partial charge in [0, 0.05) is 57.1 Å². The lowest BCUT2D eigenvalue weighted by atomic mass is 9.33. The standard InChI is InChI=1S/C55H40BN3/c1-6-20-40(21-7-1)54(41-22-8-2-9-23-41)42-24-18-31-46(38-42)57(43-25-10-3-11-26-43)47-36-37-51-49(39-47)56-48-32-16-17-33-50(48)58(44-27-12-4-13-28-44)52-34-19-35-53(55(52)56)59(51)45-29-14-5-15-30-45/h1-39,54H. The Morgan fingerprint density at radius 1 is 0.322 bits per heavy atom. The van der Waals surface area contributed by atoms with Crippen LogP contribution in [0.3, 0.4) is 0 Å². The van der Waals surface area contributed by atoms with Crippen molar-refractivity contribution in [1.82, 2.24) is 0 Å². The molecule has 9 aromatic carbocycles. The second-order valence-electron chi connectivity index (χ2n) is 15.3. The van der Waals surface area contributed by atoms with Gasteiger partial charge in [0.15, 0.2) is 0 Å². The van der Waals surface area contributed by atoms with Gasteiger partial charge in [-0.3, -0.25) is 0 Å². The minimum Gasteiger partial charge on any atom is -0.311 e. The first-order chi connectivity index (χ1) is 29.3. The van der Waals surface area contributed by atoms with Crippen LogP contribution in [0.15, 0.2) is 237 Å². The van der Waals surface area contributed by atoms with Gasteiger partial charge in [0.25, 0.3) is 6.71 Å². The maximum atomic E-state index is 2.46. The van der Waals surface area contributed by atoms with Gasteiger partial charge in [-0.1, -0.05) is 152 Å². The number of anilines is 9. The summed E-state index contributed by atoms with van der Waals surface area (Å²) in [5, 5.41) is 0. The van der Waals surface area contributed by atoms with Crippen LogP contribution >= 0.6 is 0 Å². The predicted octanol–water partition coefficient (Wildman–Crippen LogP) is 12.4. The van der Waals surface area contributed by atoms with Gasteiger partial charge in [0.05, 0.1) is 0 Å². The molecule has 3 nitrogen and oxygen atoms in total. The minimum atomic E-state index is 0.0109. The zero-order valence-corrected chi connectivity index (χ0v) is 32.5. The molecule has 0 atom stereocenters. The lowest BCUT2D eigenvalue weighted by molar-refractivity contribution is 0.976. The molecular formula is C55H40BN3. The molecule has 0 aliphatic carbocycles. The molecule has 278 valence electrons. The fraction of sp³-hybridized carbons (Fsp3) is 0.0182. The molecule has 2 aliphatic heterocycles. The molecule has 0 fully saturated rings. The summed E-state index contributed by atoms with van der Waals surface area (Å²) in [7, 11) is 0. The smallest absolute Gasteiger partial charge is 0.252 e. The van der Waals surface area contributed by atoms with Crippen LogP contribution in [0.2, 0.25) is 0 Å². The van der Waals surface area contributed by atoms with E-state index in [2.05, 4.69) is 251 Å². The molecule has 0 saturated heterocycles. The van der Waals surface area contributed by atoms with E-state index >= 15 is 0 Å². The highest BCUT2D eigenvalue weighted by Gasteiger charge is 2.43. The Hall–Kier alpha value is -7.56. The monoisotopic (exact) mass is 753 g/mol. The van der Waals surface area contributed by atoms with Crippen LogP contribution in [0.5, 0.6) is 0 Å². The summed E-state index contributed by atoms with van der Waals surface area (Å²) in [5.41, 5.74) is 18.1. The van der Waals surface area contributed by atoms with E-state index in [4.69, 9.17) is 0 Å². The van der Waals surface area contributed by atoms with Gasteiger partial charge < -0.3 is 14.7 Å². The number of fused-ring (bicyclic) bond motifs is 4. The zero-order valence-electron chi connectivity index (χ0n) is 32.5. The van der Waals surface area contributed by atoms with E-state index in [0.717, 1.165) is 28.4 Å². The normalized spacial score (nSPS) is 12.5. The van der Waals surface area contributed by atoms with Gasteiger partial charge in [0.2, 0.25) is 0 Å². The summed E-state index contributed by atoms with van der Waals surface area (Å²) in [6.07, 6.45) is 0. The van der Waals surface area contributed by atoms with E-state index in [-0.39, 0.29) is 12.6 Å². The second kappa shape index (κ2) is 14.7. The summed E-state index contributed by atoms with van der Waals surface area (Å²) in [6, 6.07) is 86.2. The van der Waals surface area contributed by atoms with Crippen molar-refractivity contribution in [1.29, 1.82) is 0 Å². The number of para-hydroxylation sites is 4. The molecule has 0 N–H and O–H groups in total. The number of nitrogens with zero attached hydrogens (tertiary/aromatic N) is 3. The first-order valence-corrected chi connectivity index (χ1v) is 20.4. The van der Waals surface area contributed by atoms with Gasteiger partial charge in [0.1, 0.15) is 0 Å². The molecule has 0 amide bonds. The molecule has 2 aliphatic rings. The number of benzene rings is 9. The van der Waals surface area contributed by atoms with Crippen molar-refractivity contribution >= 4 is 74.3 Å². The maximum Gasteiger partial charge on any atom is 0.252 e. The quantitative estimate of drug-likeness (QED) is 0.113. The van der Waals surface area contributed by atoms with Crippen molar-refractivity contribution in [3.63, 3.8) is 0 Å². The predicted molar refractivity (Wildman–Crippen MR) is 249 cm³/mol. The van der Waals surface area contributed by atoms with Gasteiger partial charge in [-0.05, 0) is 118 Å². The Morgan fingerprint density at radius 3 is 1.37 bits per heavy atom. The van der Waals surface area contributed by atoms with E-state index in [1.807, 2.05) is 0 Å². The fourth-order valence-electron chi connectivity index (χ4n) is 9.46. The van der Waals surface area contributed by atoms with Gasteiger partial charge in [-0.2, -0.15) is 0 Å². The van der Waals surface area contributed by atoms with Crippen LogP contribution in [0.1, 0.15) is 22.6 Å². The van der Waals surface area contributed by atoms with Crippen molar-refractivity contribution in [2.45, 2.75) is 5.92 Å². The minimum absolute atomic E-state index is 0.0109. The first kappa shape index (κ1) is 34.7. The Bertz CT molecular complexity index is 2850. The van der Waals surface area contributed by atoms with E-state index in [0.29, 0.717) is 0 Å². The van der Waals surface area contributed by atoms with Crippen LogP contribution in [0.4, 0.5) is 51.2 Å². The summed E-state index contributed by atoms with van der Waals surface area (Å²) in [4.78, 5) is 7.33. The van der Waals surface area contributed by atoms with E-state index in [1.165, 1.54) is 55.8 Å². The summed E-state index contributed by atoms with van der Waals surface area (Å²) in [6.45, 7) is 0.0109. The van der Waals surface area contributed by atoms with E-state index in [9.17, 15) is 0 Å². The highest BCUT2D eigenvalue weighted by Crippen LogP contribution is 2.45. The molecule has 11 rings (SSSR count). The summed E-state index contributed by atoms with van der Waals surface area (Å²) >= 11 is 0. The van der Waals surface area contributed by atoms with E-state index in [1.54, 1.807) is 0 Å². The third-order valence-electron chi connectivity index (χ3n) is 11.9. The van der Waals surface area contributed by atoms with Crippen LogP contribution in [0, 0.1) is 0 Å². The van der Waals surface area contributed by atoms with Gasteiger partial charge in [-0.25, -0.2) is 0 Å². The van der Waals surface area contributed by atoms with Crippen molar-refractivity contribution < 1.29 is 0 Å². The first-order valence-electron chi connectivity index (χ1n) is 20.4. The number of hydrogen-bond donors (Lipinski definition) is 0. The molecule has 59 heavy (non-hydrogen) atoms. The van der Waals surface area contributed by atoms with Gasteiger partial charge in [-0.15, -0.1) is 0 Å². The Balaban J connectivity index is 1.13. The average molecular weight is 754 g/mol. The molecule has 2 heterocycles. The molecule has 4 heteroatoms. The topological polar surface area (TPSA) is 9.72 Å². The maximum absolute atomic E-state index is 2.46. The Morgan fingerprint density at radius 2 is 0.763 bits per heavy atom. The molecule has 0 unspecified atom stereocenters. The van der Waals surface area contributed by atoms with Crippen LogP contribution in [0.25, 0.3) is 0 Å². The van der Waals surface area contributed by atoms with Crippen molar-refractivity contribution in [3.8, 4) is 0 Å². The third-order valence-corrected chi connectivity index (χ3v) is 11.9. The van der Waals surface area contributed by atoms with Crippen LogP contribution < -0.4 is 31.1 Å². The molecule has 9 aromatic rings. The molecule has 0 radical (unpaired) electrons. The van der Waals surface area contributed by atoms with Crippen LogP contribution in [-0.4, -0.2) is 6.71 Å². The third kappa shape index (κ3) is 6.00. The van der Waals surface area contributed by atoms with E-state index < -0.39 is 0 Å². The molecule has 0 bridgehead atoms. The highest BCUT2D eigenvalue weighted by atomic mass is 15.2. The Labute approximate surface area is 346 Å². The SMILES string of the molecule is c1ccc(C(c2ccccc2)c2cccc(N(c3ccccc3)c3ccc4c(c3)B3c5ccccc5N(c5ccccc5)c5cccc(c53)N4c3ccccc3)c2)cc1. The number of rotatable bonds is 8. The zero-order chi connectivity index (χ0) is 39.1. The largest absolute Gasteiger partial charge is 0.311 e. The lowest BCUT2D eigenvalue weighted by Crippen LogP contribution is -2.61. The molecule has 0 saturated carbocycles. The molecule has 0 aromatic heterocycles. The van der Waals surface area contributed by atoms with Crippen molar-refractivity contribution in [2.75, 3.05) is 14.7 Å². The number of hydrogen-bond acceptors (Lipinski definition) is 3. The molecular weight excluding hydrogens is 713 g/mol. The van der Waals surface area contributed by atoms with Crippen molar-refractivity contribution in [3.05, 3.63) is 253 Å². The molecule has 0 spiro atoms. The summed E-state index contributed by atoms with van der Waals surface area (Å²) < 4.78 is 0. The lowest BCUT2D eigenvalue weighted by Gasteiger charge is -2.44. The van der Waals surface area contributed by atoms with Crippen molar-refractivity contribution in [2.24, 2.45) is 0 Å². The van der Waals surface area contributed by atoms with Crippen LogP contribution in [-0.2, 0) is 0 Å². The fourth-order valence-corrected chi connectivity index (χ4v) is 9.46.